The summed E-state index contributed by atoms with van der Waals surface area (Å²) in [6.45, 7) is 14.2. The fraction of sp³-hybridized carbons (Fsp3) is 0.0833. The van der Waals surface area contributed by atoms with Gasteiger partial charge in [0.05, 0.1) is 85.7 Å². The first-order valence-corrected chi connectivity index (χ1v) is 33.6. The summed E-state index contributed by atoms with van der Waals surface area (Å²) in [7, 11) is -3.81. The normalized spacial score (nSPS) is 14.3. The third-order valence-electron chi connectivity index (χ3n) is 16.0. The highest BCUT2D eigenvalue weighted by molar-refractivity contribution is 6.89. The lowest BCUT2D eigenvalue weighted by Gasteiger charge is -2.29. The van der Waals surface area contributed by atoms with Gasteiger partial charge in [0.15, 0.2) is 0 Å². The minimum absolute atomic E-state index is 0.131. The standard InChI is InChI=1S/C72H58N4Si2/c1-77(2,3)51-35-39-63-59(43-51)69-65(73(49-27-15-9-16-28-49)61-33-21-19-31-53(61)47-23-11-7-12-24-47)41-37-55-57-46-68-58(45-67(57)75(63)71(55)69)56-38-42-66(70-60-44-52(78(4,5)6)36-40-64(60)76(68)72(56)70)74(50-29-17-10-18-30-50)62-34-22-20-32-54(62)48-25-13-8-14-26-48/h7-46H,1-6H3/i7D,8D,11D,12D,13D,14D,23D,24D,25D,26D. The molecule has 0 saturated carbocycles. The van der Waals surface area contributed by atoms with Crippen LogP contribution in [0, 0.1) is 0 Å². The van der Waals surface area contributed by atoms with Crippen LogP contribution in [-0.2, 0) is 0 Å². The molecule has 6 heteroatoms. The lowest BCUT2D eigenvalue weighted by molar-refractivity contribution is 1.30. The average Bonchev–Trinajstić information content (AvgIpc) is 1.72. The zero-order valence-corrected chi connectivity index (χ0v) is 46.1. The Bertz CT molecular complexity index is 5050. The van der Waals surface area contributed by atoms with E-state index in [1.807, 2.05) is 84.9 Å². The number of hydrogen-bond acceptors (Lipinski definition) is 2. The van der Waals surface area contributed by atoms with Crippen molar-refractivity contribution < 1.29 is 13.7 Å². The van der Waals surface area contributed by atoms with Crippen LogP contribution in [0.15, 0.2) is 242 Å². The molecule has 4 heterocycles. The largest absolute Gasteiger partial charge is 0.309 e. The minimum atomic E-state index is -1.90. The minimum Gasteiger partial charge on any atom is -0.309 e. The molecular weight excluding hydrogens is 977 g/mol. The van der Waals surface area contributed by atoms with Gasteiger partial charge < -0.3 is 18.6 Å². The number of anilines is 6. The molecule has 0 atom stereocenters. The Labute approximate surface area is 471 Å². The molecule has 0 radical (unpaired) electrons. The van der Waals surface area contributed by atoms with Crippen molar-refractivity contribution in [2.75, 3.05) is 9.80 Å². The molecule has 0 aliphatic carbocycles. The maximum Gasteiger partial charge on any atom is 0.0776 e. The van der Waals surface area contributed by atoms with Gasteiger partial charge in [0.2, 0.25) is 0 Å². The molecule has 0 aliphatic rings. The van der Waals surface area contributed by atoms with Crippen LogP contribution in [0.5, 0.6) is 0 Å². The van der Waals surface area contributed by atoms with Gasteiger partial charge in [-0.1, -0.05) is 219 Å². The summed E-state index contributed by atoms with van der Waals surface area (Å²) in [4.78, 5) is 4.38. The Morgan fingerprint density at radius 1 is 0.333 bits per heavy atom. The third-order valence-corrected chi connectivity index (χ3v) is 20.1. The summed E-state index contributed by atoms with van der Waals surface area (Å²) in [6, 6.07) is 59.5. The predicted octanol–water partition coefficient (Wildman–Crippen LogP) is 19.4. The van der Waals surface area contributed by atoms with E-state index >= 15 is 0 Å². The van der Waals surface area contributed by atoms with Gasteiger partial charge in [-0.3, -0.25) is 0 Å². The van der Waals surface area contributed by atoms with Crippen molar-refractivity contribution in [1.82, 2.24) is 8.80 Å². The Morgan fingerprint density at radius 2 is 0.718 bits per heavy atom. The van der Waals surface area contributed by atoms with Crippen LogP contribution in [0.2, 0.25) is 39.3 Å². The molecule has 0 spiro atoms. The summed E-state index contributed by atoms with van der Waals surface area (Å²) in [5, 5.41) is 11.2. The lowest BCUT2D eigenvalue weighted by atomic mass is 9.99. The number of benzene rings is 11. The smallest absolute Gasteiger partial charge is 0.0776 e. The molecule has 0 unspecified atom stereocenters. The molecule has 78 heavy (non-hydrogen) atoms. The molecule has 15 aromatic rings. The zero-order valence-electron chi connectivity index (χ0n) is 54.1. The predicted molar refractivity (Wildman–Crippen MR) is 342 cm³/mol. The molecule has 0 fully saturated rings. The Balaban J connectivity index is 1.04. The average molecular weight is 1050 g/mol. The van der Waals surface area contributed by atoms with Crippen LogP contribution in [0.3, 0.4) is 0 Å². The Morgan fingerprint density at radius 3 is 1.12 bits per heavy atom. The number of rotatable bonds is 10. The van der Waals surface area contributed by atoms with E-state index in [1.165, 1.54) is 10.4 Å². The first-order chi connectivity index (χ1) is 42.1. The summed E-state index contributed by atoms with van der Waals surface area (Å²) in [5.41, 5.74) is 12.4. The number of para-hydroxylation sites is 4. The molecule has 11 aromatic carbocycles. The number of aromatic nitrogens is 2. The molecule has 4 aromatic heterocycles. The first kappa shape index (κ1) is 36.9. The van der Waals surface area contributed by atoms with E-state index in [2.05, 4.69) is 155 Å². The Kier molecular flexibility index (Phi) is 8.18. The van der Waals surface area contributed by atoms with Crippen LogP contribution >= 0.6 is 0 Å². The van der Waals surface area contributed by atoms with E-state index in [0.29, 0.717) is 22.5 Å². The summed E-state index contributed by atoms with van der Waals surface area (Å²) >= 11 is 0. The van der Waals surface area contributed by atoms with Gasteiger partial charge in [0.1, 0.15) is 0 Å². The van der Waals surface area contributed by atoms with Crippen molar-refractivity contribution in [1.29, 1.82) is 0 Å². The van der Waals surface area contributed by atoms with E-state index in [0.717, 1.165) is 98.9 Å². The van der Waals surface area contributed by atoms with Crippen LogP contribution in [0.25, 0.3) is 98.4 Å². The maximum absolute atomic E-state index is 9.21. The van der Waals surface area contributed by atoms with Crippen LogP contribution < -0.4 is 20.2 Å². The number of hydrogen-bond donors (Lipinski definition) is 0. The SMILES string of the molecule is [2H]c1c([2H])c([2H])c(-c2ccccc2N(c2ccccc2)c2ccc3c4cc5c(cc4n4c6ccc([Si](C)(C)C)cc6c2c34)c2ccc(N(c3ccccc3)c3ccccc3-c3c([2H])c([2H])c([2H])c([2H])c3[2H])c3c4cc([Si](C)(C)C)ccc4n5c23)c([2H])c1[2H]. The van der Waals surface area contributed by atoms with Gasteiger partial charge in [0.25, 0.3) is 0 Å². The topological polar surface area (TPSA) is 15.3 Å². The summed E-state index contributed by atoms with van der Waals surface area (Å²) < 4.78 is 93.6. The van der Waals surface area contributed by atoms with Gasteiger partial charge in [-0.2, -0.15) is 0 Å². The monoisotopic (exact) mass is 1040 g/mol. The highest BCUT2D eigenvalue weighted by Crippen LogP contribution is 2.53. The van der Waals surface area contributed by atoms with Crippen LogP contribution in [0.4, 0.5) is 34.1 Å². The second-order valence-electron chi connectivity index (χ2n) is 22.6. The lowest BCUT2D eigenvalue weighted by Crippen LogP contribution is -2.37. The van der Waals surface area contributed by atoms with Gasteiger partial charge in [-0.25, -0.2) is 0 Å². The van der Waals surface area contributed by atoms with Gasteiger partial charge >= 0.3 is 0 Å². The van der Waals surface area contributed by atoms with E-state index in [9.17, 15) is 5.48 Å². The second kappa shape index (κ2) is 17.3. The molecule has 0 saturated heterocycles. The molecule has 0 N–H and O–H groups in total. The number of fused-ring (bicyclic) bond motifs is 12. The van der Waals surface area contributed by atoms with Crippen LogP contribution in [-0.4, -0.2) is 24.9 Å². The number of nitrogens with zero attached hydrogens (tertiary/aromatic N) is 4. The molecule has 15 rings (SSSR count). The van der Waals surface area contributed by atoms with Gasteiger partial charge in [-0.15, -0.1) is 0 Å². The highest BCUT2D eigenvalue weighted by atomic mass is 28.3. The van der Waals surface area contributed by atoms with Crippen molar-refractivity contribution in [3.05, 3.63) is 242 Å². The molecule has 4 nitrogen and oxygen atoms in total. The maximum atomic E-state index is 9.21. The fourth-order valence-corrected chi connectivity index (χ4v) is 14.7. The van der Waals surface area contributed by atoms with E-state index < -0.39 is 28.2 Å². The third kappa shape index (κ3) is 6.96. The fourth-order valence-electron chi connectivity index (χ4n) is 12.4. The first-order valence-electron chi connectivity index (χ1n) is 31.6. The molecule has 0 bridgehead atoms. The summed E-state index contributed by atoms with van der Waals surface area (Å²) in [5.74, 6) is 0. The summed E-state index contributed by atoms with van der Waals surface area (Å²) in [6.07, 6.45) is 0. The molecule has 0 aliphatic heterocycles. The van der Waals surface area contributed by atoms with Crippen molar-refractivity contribution >= 4 is 137 Å². The van der Waals surface area contributed by atoms with Crippen LogP contribution in [0.1, 0.15) is 13.7 Å². The van der Waals surface area contributed by atoms with Crippen molar-refractivity contribution in [2.45, 2.75) is 39.3 Å². The van der Waals surface area contributed by atoms with E-state index in [-0.39, 0.29) is 59.5 Å². The highest BCUT2D eigenvalue weighted by Gasteiger charge is 2.31. The van der Waals surface area contributed by atoms with E-state index in [1.54, 1.807) is 0 Å². The van der Waals surface area contributed by atoms with Crippen molar-refractivity contribution in [3.8, 4) is 22.3 Å². The van der Waals surface area contributed by atoms with E-state index in [4.69, 9.17) is 8.22 Å². The van der Waals surface area contributed by atoms with Gasteiger partial charge in [-0.05, 0) is 83.9 Å². The van der Waals surface area contributed by atoms with Gasteiger partial charge in [0, 0.05) is 65.6 Å². The molecule has 374 valence electrons. The Hall–Kier alpha value is -8.95. The molecular formula is C72H58N4Si2. The quantitative estimate of drug-likeness (QED) is 0.127. The second-order valence-corrected chi connectivity index (χ2v) is 32.8. The molecule has 0 amide bonds. The zero-order chi connectivity index (χ0) is 61.3. The van der Waals surface area contributed by atoms with Crippen molar-refractivity contribution in [3.63, 3.8) is 0 Å². The van der Waals surface area contributed by atoms with Crippen molar-refractivity contribution in [2.24, 2.45) is 0 Å².